The van der Waals surface area contributed by atoms with Gasteiger partial charge < -0.3 is 25.8 Å². The van der Waals surface area contributed by atoms with Crippen LogP contribution in [0.25, 0.3) is 0 Å². The summed E-state index contributed by atoms with van der Waals surface area (Å²) in [5.74, 6) is -1.48. The van der Waals surface area contributed by atoms with Crippen LogP contribution in [0.3, 0.4) is 0 Å². The minimum atomic E-state index is -0.597. The van der Waals surface area contributed by atoms with Gasteiger partial charge >= 0.3 is 6.03 Å². The van der Waals surface area contributed by atoms with Crippen molar-refractivity contribution >= 4 is 17.6 Å². The molecule has 3 amide bonds. The third-order valence-corrected chi connectivity index (χ3v) is 5.08. The number of nitrogens with one attached hydrogen (secondary N) is 3. The topological polar surface area (TPSA) is 99.7 Å². The molecule has 0 radical (unpaired) electrons. The first-order chi connectivity index (χ1) is 15.0. The third kappa shape index (κ3) is 6.47. The molecule has 2 aromatic rings. The van der Waals surface area contributed by atoms with Gasteiger partial charge in [0.25, 0.3) is 5.91 Å². The summed E-state index contributed by atoms with van der Waals surface area (Å²) in [7, 11) is 0. The summed E-state index contributed by atoms with van der Waals surface area (Å²) < 4.78 is 32.5. The molecule has 3 rings (SSSR count). The Kier molecular flexibility index (Phi) is 7.91. The molecular formula is C22H25F2N3O4. The van der Waals surface area contributed by atoms with Crippen LogP contribution in [-0.4, -0.2) is 48.4 Å². The van der Waals surface area contributed by atoms with Gasteiger partial charge in [-0.15, -0.1) is 0 Å². The highest BCUT2D eigenvalue weighted by Crippen LogP contribution is 2.22. The number of hydrogen-bond acceptors (Lipinski definition) is 4. The van der Waals surface area contributed by atoms with Crippen LogP contribution in [0.1, 0.15) is 29.6 Å². The number of aliphatic hydroxyl groups is 1. The van der Waals surface area contributed by atoms with Gasteiger partial charge in [0.05, 0.1) is 24.3 Å². The molecule has 1 aliphatic rings. The fourth-order valence-corrected chi connectivity index (χ4v) is 3.47. The van der Waals surface area contributed by atoms with E-state index >= 15 is 0 Å². The van der Waals surface area contributed by atoms with Crippen LogP contribution in [0.4, 0.5) is 19.3 Å². The summed E-state index contributed by atoms with van der Waals surface area (Å²) in [6.45, 7) is 0.0126. The van der Waals surface area contributed by atoms with Crippen molar-refractivity contribution in [3.8, 4) is 0 Å². The first-order valence-electron chi connectivity index (χ1n) is 10.1. The van der Waals surface area contributed by atoms with Crippen LogP contribution in [0, 0.1) is 11.6 Å². The van der Waals surface area contributed by atoms with Crippen molar-refractivity contribution in [2.24, 2.45) is 0 Å². The number of carbonyl (C=O) groups is 2. The Balaban J connectivity index is 1.43. The second-order valence-corrected chi connectivity index (χ2v) is 7.29. The molecule has 31 heavy (non-hydrogen) atoms. The largest absolute Gasteiger partial charge is 0.394 e. The van der Waals surface area contributed by atoms with Gasteiger partial charge in [0.2, 0.25) is 0 Å². The number of halogens is 2. The lowest BCUT2D eigenvalue weighted by atomic mass is 9.97. The van der Waals surface area contributed by atoms with E-state index in [1.165, 1.54) is 42.5 Å². The number of hydrogen-bond donors (Lipinski definition) is 4. The molecule has 2 aromatic carbocycles. The normalized spacial score (nSPS) is 20.7. The predicted molar refractivity (Wildman–Crippen MR) is 111 cm³/mol. The molecular weight excluding hydrogens is 408 g/mol. The van der Waals surface area contributed by atoms with Gasteiger partial charge in [0.1, 0.15) is 17.7 Å². The van der Waals surface area contributed by atoms with Crippen LogP contribution in [0.15, 0.2) is 48.5 Å². The minimum absolute atomic E-state index is 0.0169. The molecule has 1 aliphatic heterocycles. The lowest BCUT2D eigenvalue weighted by molar-refractivity contribution is -0.0886. The molecule has 0 unspecified atom stereocenters. The fraction of sp³-hybridized carbons (Fsp3) is 0.364. The van der Waals surface area contributed by atoms with E-state index in [0.29, 0.717) is 31.5 Å². The molecule has 4 N–H and O–H groups in total. The van der Waals surface area contributed by atoms with Gasteiger partial charge in [-0.3, -0.25) is 4.79 Å². The molecule has 1 heterocycles. The van der Waals surface area contributed by atoms with E-state index in [4.69, 9.17) is 4.74 Å². The number of benzene rings is 2. The quantitative estimate of drug-likeness (QED) is 0.540. The molecule has 0 spiro atoms. The van der Waals surface area contributed by atoms with Crippen LogP contribution >= 0.6 is 0 Å². The van der Waals surface area contributed by atoms with Crippen molar-refractivity contribution < 1.29 is 28.2 Å². The Morgan fingerprint density at radius 2 is 1.81 bits per heavy atom. The maximum absolute atomic E-state index is 13.7. The number of rotatable bonds is 7. The van der Waals surface area contributed by atoms with Gasteiger partial charge in [-0.1, -0.05) is 12.1 Å². The van der Waals surface area contributed by atoms with Crippen molar-refractivity contribution in [2.75, 3.05) is 18.5 Å². The number of aliphatic hydroxyl groups excluding tert-OH is 1. The second-order valence-electron chi connectivity index (χ2n) is 7.29. The Morgan fingerprint density at radius 1 is 1.06 bits per heavy atom. The summed E-state index contributed by atoms with van der Waals surface area (Å²) in [5, 5.41) is 17.7. The Bertz CT molecular complexity index is 895. The summed E-state index contributed by atoms with van der Waals surface area (Å²) in [6, 6.07) is 10.2. The van der Waals surface area contributed by atoms with Gasteiger partial charge in [0.15, 0.2) is 0 Å². The number of ether oxygens (including phenoxy) is 1. The number of anilines is 1. The molecule has 0 saturated carbocycles. The van der Waals surface area contributed by atoms with Crippen LogP contribution in [-0.2, 0) is 4.74 Å². The third-order valence-electron chi connectivity index (χ3n) is 5.08. The predicted octanol–water partition coefficient (Wildman–Crippen LogP) is 2.81. The van der Waals surface area contributed by atoms with Crippen molar-refractivity contribution in [1.29, 1.82) is 0 Å². The smallest absolute Gasteiger partial charge is 0.319 e. The lowest BCUT2D eigenvalue weighted by Gasteiger charge is -2.36. The van der Waals surface area contributed by atoms with Gasteiger partial charge in [-0.2, -0.15) is 0 Å². The summed E-state index contributed by atoms with van der Waals surface area (Å²) >= 11 is 0. The average Bonchev–Trinajstić information content (AvgIpc) is 2.76. The van der Waals surface area contributed by atoms with E-state index in [9.17, 15) is 23.5 Å². The maximum atomic E-state index is 13.7. The highest BCUT2D eigenvalue weighted by molar-refractivity contribution is 5.94. The second kappa shape index (κ2) is 10.8. The van der Waals surface area contributed by atoms with Crippen LogP contribution in [0.2, 0.25) is 0 Å². The molecule has 0 aromatic heterocycles. The average molecular weight is 433 g/mol. The number of urea groups is 1. The molecule has 3 atom stereocenters. The molecule has 0 bridgehead atoms. The van der Waals surface area contributed by atoms with Crippen molar-refractivity contribution in [3.05, 3.63) is 65.7 Å². The van der Waals surface area contributed by atoms with Crippen LogP contribution in [0.5, 0.6) is 0 Å². The minimum Gasteiger partial charge on any atom is -0.394 e. The molecule has 7 nitrogen and oxygen atoms in total. The van der Waals surface area contributed by atoms with Gasteiger partial charge in [-0.25, -0.2) is 13.6 Å². The molecule has 9 heteroatoms. The number of amides is 3. The summed E-state index contributed by atoms with van der Waals surface area (Å²) in [5.41, 5.74) is 0.427. The van der Waals surface area contributed by atoms with Gasteiger partial charge in [0, 0.05) is 12.2 Å². The maximum Gasteiger partial charge on any atom is 0.319 e. The molecule has 1 saturated heterocycles. The molecule has 1 fully saturated rings. The molecule has 166 valence electrons. The van der Waals surface area contributed by atoms with E-state index < -0.39 is 35.7 Å². The van der Waals surface area contributed by atoms with Crippen molar-refractivity contribution in [2.45, 2.75) is 37.5 Å². The zero-order valence-electron chi connectivity index (χ0n) is 16.8. The first-order valence-corrected chi connectivity index (χ1v) is 10.1. The lowest BCUT2D eigenvalue weighted by Crippen LogP contribution is -2.52. The highest BCUT2D eigenvalue weighted by atomic mass is 19.1. The zero-order valence-corrected chi connectivity index (χ0v) is 16.8. The molecule has 0 aliphatic carbocycles. The van der Waals surface area contributed by atoms with E-state index in [0.717, 1.165) is 0 Å². The fourth-order valence-electron chi connectivity index (χ4n) is 3.47. The van der Waals surface area contributed by atoms with E-state index in [1.54, 1.807) is 6.07 Å². The standard InChI is InChI=1S/C22H25F2N3O4/c23-14-5-7-15(8-6-14)26-22(30)27-19-10-9-16(31-20(19)13-28)11-12-25-21(29)17-3-1-2-4-18(17)24/h1-8,16,19-20,28H,9-13H2,(H,25,29)(H2,26,27,30)/t16-,19-,20+/m0/s1. The van der Waals surface area contributed by atoms with E-state index in [-0.39, 0.29) is 18.3 Å². The zero-order chi connectivity index (χ0) is 22.2. The Morgan fingerprint density at radius 3 is 2.52 bits per heavy atom. The summed E-state index contributed by atoms with van der Waals surface area (Å²) in [6.07, 6.45) is 0.878. The van der Waals surface area contributed by atoms with Crippen molar-refractivity contribution in [3.63, 3.8) is 0 Å². The Labute approximate surface area is 178 Å². The first kappa shape index (κ1) is 22.6. The SMILES string of the molecule is O=C(Nc1ccc(F)cc1)N[C@H]1CC[C@@H](CCNC(=O)c2ccccc2F)O[C@@H]1CO. The highest BCUT2D eigenvalue weighted by Gasteiger charge is 2.31. The van der Waals surface area contributed by atoms with Gasteiger partial charge in [-0.05, 0) is 55.7 Å². The summed E-state index contributed by atoms with van der Waals surface area (Å²) in [4.78, 5) is 24.2. The number of carbonyl (C=O) groups excluding carboxylic acids is 2. The van der Waals surface area contributed by atoms with Crippen molar-refractivity contribution in [1.82, 2.24) is 10.6 Å². The Hall–Kier alpha value is -3.04. The van der Waals surface area contributed by atoms with E-state index in [2.05, 4.69) is 16.0 Å². The monoisotopic (exact) mass is 433 g/mol. The van der Waals surface area contributed by atoms with Crippen LogP contribution < -0.4 is 16.0 Å². The van der Waals surface area contributed by atoms with E-state index in [1.807, 2.05) is 0 Å².